The molecule has 11 aromatic carbocycles. The van der Waals surface area contributed by atoms with Crippen LogP contribution >= 0.6 is 0 Å². The van der Waals surface area contributed by atoms with E-state index in [2.05, 4.69) is 243 Å². The van der Waals surface area contributed by atoms with Crippen molar-refractivity contribution in [3.05, 3.63) is 236 Å². The molecule has 1 nitrogen and oxygen atoms in total. The number of hydrogen-bond acceptors (Lipinski definition) is 1. The summed E-state index contributed by atoms with van der Waals surface area (Å²) in [6.07, 6.45) is 0. The molecule has 0 heterocycles. The summed E-state index contributed by atoms with van der Waals surface area (Å²) < 4.78 is 0. The molecule has 0 saturated heterocycles. The highest BCUT2D eigenvalue weighted by atomic mass is 15.1. The molecule has 0 aromatic heterocycles. The fourth-order valence-electron chi connectivity index (χ4n) is 9.30. The smallest absolute Gasteiger partial charge is 0.0468 e. The molecule has 0 aliphatic rings. The van der Waals surface area contributed by atoms with Crippen LogP contribution in [0.15, 0.2) is 224 Å². The van der Waals surface area contributed by atoms with E-state index in [0.29, 0.717) is 0 Å². The summed E-state index contributed by atoms with van der Waals surface area (Å²) in [6.45, 7) is 4.30. The first-order chi connectivity index (χ1) is 30.1. The maximum absolute atomic E-state index is 2.45. The second-order valence-corrected chi connectivity index (χ2v) is 16.2. The monoisotopic (exact) mass is 777 g/mol. The first kappa shape index (κ1) is 36.3. The number of aryl methyl sites for hydroxylation is 2. The van der Waals surface area contributed by atoms with Gasteiger partial charge >= 0.3 is 0 Å². The molecule has 0 unspecified atom stereocenters. The highest BCUT2D eigenvalue weighted by Crippen LogP contribution is 2.50. The number of nitrogens with zero attached hydrogens (tertiary/aromatic N) is 1. The van der Waals surface area contributed by atoms with Crippen molar-refractivity contribution in [2.24, 2.45) is 0 Å². The van der Waals surface area contributed by atoms with Gasteiger partial charge in [0.2, 0.25) is 0 Å². The minimum atomic E-state index is 1.12. The van der Waals surface area contributed by atoms with Gasteiger partial charge in [0, 0.05) is 17.1 Å². The molecule has 0 saturated carbocycles. The molecule has 0 fully saturated rings. The van der Waals surface area contributed by atoms with Gasteiger partial charge in [0.05, 0.1) is 0 Å². The molecule has 0 aliphatic heterocycles. The first-order valence-corrected chi connectivity index (χ1v) is 21.2. The quantitative estimate of drug-likeness (QED) is 0.146. The highest BCUT2D eigenvalue weighted by molar-refractivity contribution is 6.33. The predicted octanol–water partition coefficient (Wildman–Crippen LogP) is 17.1. The standard InChI is InChI=1S/C60H43N/c1-40-21-31-49(32-22-40)61(50-33-23-41(2)24-34-50)51-35-36-54-57(38-51)52-19-11-12-20-53(52)59-56(44-14-5-3-6-15-44)39-55(58(60(54)59)46-16-7-4-8-17-46)45-28-25-43(26-29-45)48-30-27-42-13-9-10-18-47(42)37-48/h3-39H,1-2H3. The lowest BCUT2D eigenvalue weighted by molar-refractivity contribution is 1.27. The molecule has 0 N–H and O–H groups in total. The Balaban J connectivity index is 1.22. The lowest BCUT2D eigenvalue weighted by Gasteiger charge is -2.27. The molecule has 61 heavy (non-hydrogen) atoms. The van der Waals surface area contributed by atoms with Gasteiger partial charge in [0.15, 0.2) is 0 Å². The van der Waals surface area contributed by atoms with Crippen LogP contribution < -0.4 is 4.90 Å². The fourth-order valence-corrected chi connectivity index (χ4v) is 9.30. The molecular weight excluding hydrogens is 735 g/mol. The van der Waals surface area contributed by atoms with Crippen LogP contribution in [0.1, 0.15) is 11.1 Å². The third kappa shape index (κ3) is 6.52. The molecule has 0 amide bonds. The molecule has 1 heteroatoms. The van der Waals surface area contributed by atoms with Gasteiger partial charge in [-0.1, -0.05) is 187 Å². The van der Waals surface area contributed by atoms with Gasteiger partial charge in [0.25, 0.3) is 0 Å². The molecule has 0 radical (unpaired) electrons. The van der Waals surface area contributed by atoms with Crippen molar-refractivity contribution in [3.63, 3.8) is 0 Å². The molecule has 0 aliphatic carbocycles. The third-order valence-corrected chi connectivity index (χ3v) is 12.4. The van der Waals surface area contributed by atoms with E-state index in [0.717, 1.165) is 17.1 Å². The van der Waals surface area contributed by atoms with Crippen LogP contribution in [0.4, 0.5) is 17.1 Å². The fraction of sp³-hybridized carbons (Fsp3) is 0.0333. The van der Waals surface area contributed by atoms with Gasteiger partial charge in [0.1, 0.15) is 0 Å². The van der Waals surface area contributed by atoms with Crippen molar-refractivity contribution >= 4 is 60.2 Å². The lowest BCUT2D eigenvalue weighted by atomic mass is 9.81. The van der Waals surface area contributed by atoms with E-state index in [-0.39, 0.29) is 0 Å². The Hall–Kier alpha value is -7.74. The largest absolute Gasteiger partial charge is 0.310 e. The summed E-state index contributed by atoms with van der Waals surface area (Å²) in [5, 5.41) is 9.98. The zero-order chi connectivity index (χ0) is 40.9. The maximum atomic E-state index is 2.45. The molecule has 0 atom stereocenters. The summed E-state index contributed by atoms with van der Waals surface area (Å²) in [7, 11) is 0. The van der Waals surface area contributed by atoms with Gasteiger partial charge in [-0.05, 0) is 150 Å². The van der Waals surface area contributed by atoms with Crippen LogP contribution in [0, 0.1) is 13.8 Å². The van der Waals surface area contributed by atoms with Crippen LogP contribution in [-0.4, -0.2) is 0 Å². The van der Waals surface area contributed by atoms with Crippen molar-refractivity contribution in [3.8, 4) is 44.5 Å². The Kier molecular flexibility index (Phi) is 9.02. The summed E-state index contributed by atoms with van der Waals surface area (Å²) in [4.78, 5) is 2.39. The van der Waals surface area contributed by atoms with Gasteiger partial charge < -0.3 is 4.90 Å². The van der Waals surface area contributed by atoms with Crippen LogP contribution in [0.2, 0.25) is 0 Å². The predicted molar refractivity (Wildman–Crippen MR) is 262 cm³/mol. The van der Waals surface area contributed by atoms with Crippen molar-refractivity contribution in [1.82, 2.24) is 0 Å². The normalized spacial score (nSPS) is 11.4. The summed E-state index contributed by atoms with van der Waals surface area (Å²) in [5.74, 6) is 0. The summed E-state index contributed by atoms with van der Waals surface area (Å²) >= 11 is 0. The Labute approximate surface area is 357 Å². The zero-order valence-electron chi connectivity index (χ0n) is 34.3. The third-order valence-electron chi connectivity index (χ3n) is 12.4. The van der Waals surface area contributed by atoms with Crippen LogP contribution in [0.25, 0.3) is 87.6 Å². The Morgan fingerprint density at radius 1 is 0.279 bits per heavy atom. The molecule has 11 rings (SSSR count). The average Bonchev–Trinajstić information content (AvgIpc) is 3.32. The number of hydrogen-bond donors (Lipinski definition) is 0. The molecule has 11 aromatic rings. The molecule has 0 spiro atoms. The van der Waals surface area contributed by atoms with Crippen molar-refractivity contribution < 1.29 is 0 Å². The van der Waals surface area contributed by atoms with Gasteiger partial charge in [-0.25, -0.2) is 0 Å². The second kappa shape index (κ2) is 15.1. The first-order valence-electron chi connectivity index (χ1n) is 21.2. The van der Waals surface area contributed by atoms with Crippen LogP contribution in [0.3, 0.4) is 0 Å². The Morgan fingerprint density at radius 3 is 1.46 bits per heavy atom. The van der Waals surface area contributed by atoms with Crippen molar-refractivity contribution in [2.45, 2.75) is 13.8 Å². The minimum absolute atomic E-state index is 1.12. The number of rotatable bonds is 7. The lowest BCUT2D eigenvalue weighted by Crippen LogP contribution is -2.10. The average molecular weight is 778 g/mol. The molecular formula is C60H43N. The van der Waals surface area contributed by atoms with Gasteiger partial charge in [-0.3, -0.25) is 0 Å². The van der Waals surface area contributed by atoms with Crippen molar-refractivity contribution in [2.75, 3.05) is 4.90 Å². The van der Waals surface area contributed by atoms with Gasteiger partial charge in [-0.2, -0.15) is 0 Å². The van der Waals surface area contributed by atoms with E-state index in [1.54, 1.807) is 0 Å². The molecule has 0 bridgehead atoms. The maximum Gasteiger partial charge on any atom is 0.0468 e. The van der Waals surface area contributed by atoms with E-state index >= 15 is 0 Å². The summed E-state index contributed by atoms with van der Waals surface area (Å²) in [6, 6.07) is 82.8. The van der Waals surface area contributed by atoms with Crippen LogP contribution in [-0.2, 0) is 0 Å². The SMILES string of the molecule is Cc1ccc(N(c2ccc(C)cc2)c2ccc3c(c2)c2ccccc2c2c(-c4ccccc4)cc(-c4ccc(-c5ccc6ccccc6c5)cc4)c(-c4ccccc4)c32)cc1. The van der Waals surface area contributed by atoms with E-state index in [4.69, 9.17) is 0 Å². The Morgan fingerprint density at radius 2 is 0.787 bits per heavy atom. The molecule has 288 valence electrons. The van der Waals surface area contributed by atoms with E-state index in [1.165, 1.54) is 98.7 Å². The number of fused-ring (bicyclic) bond motifs is 7. The Bertz CT molecular complexity index is 3340. The van der Waals surface area contributed by atoms with E-state index in [9.17, 15) is 0 Å². The number of benzene rings is 11. The topological polar surface area (TPSA) is 3.24 Å². The van der Waals surface area contributed by atoms with Crippen LogP contribution in [0.5, 0.6) is 0 Å². The number of anilines is 3. The van der Waals surface area contributed by atoms with Crippen molar-refractivity contribution in [1.29, 1.82) is 0 Å². The highest BCUT2D eigenvalue weighted by Gasteiger charge is 2.23. The second-order valence-electron chi connectivity index (χ2n) is 16.2. The summed E-state index contributed by atoms with van der Waals surface area (Å²) in [5.41, 5.74) is 15.5. The minimum Gasteiger partial charge on any atom is -0.310 e. The van der Waals surface area contributed by atoms with Gasteiger partial charge in [-0.15, -0.1) is 0 Å². The zero-order valence-corrected chi connectivity index (χ0v) is 34.3. The van der Waals surface area contributed by atoms with E-state index in [1.807, 2.05) is 0 Å². The van der Waals surface area contributed by atoms with E-state index < -0.39 is 0 Å².